The molecule has 0 aromatic rings. The first kappa shape index (κ1) is 17.3. The maximum atomic E-state index is 12.4. The monoisotopic (exact) mass is 285 g/mol. The van der Waals surface area contributed by atoms with Gasteiger partial charge in [0.15, 0.2) is 0 Å². The van der Waals surface area contributed by atoms with E-state index < -0.39 is 5.72 Å². The van der Waals surface area contributed by atoms with Crippen molar-refractivity contribution < 1.29 is 14.3 Å². The highest BCUT2D eigenvalue weighted by molar-refractivity contribution is 5.70. The molecule has 1 rings (SSSR count). The summed E-state index contributed by atoms with van der Waals surface area (Å²) in [5, 5.41) is 0. The molecule has 0 aliphatic carbocycles. The summed E-state index contributed by atoms with van der Waals surface area (Å²) in [4.78, 5) is 14.1. The predicted octanol–water partition coefficient (Wildman–Crippen LogP) is 4.33. The smallest absolute Gasteiger partial charge is 0.412 e. The van der Waals surface area contributed by atoms with E-state index in [2.05, 4.69) is 6.92 Å². The van der Waals surface area contributed by atoms with Crippen LogP contribution < -0.4 is 0 Å². The molecular formula is C16H31NO3. The Morgan fingerprint density at radius 1 is 1.25 bits per heavy atom. The van der Waals surface area contributed by atoms with Crippen molar-refractivity contribution in [1.82, 2.24) is 4.90 Å². The van der Waals surface area contributed by atoms with Crippen LogP contribution >= 0.6 is 0 Å². The van der Waals surface area contributed by atoms with Crippen LogP contribution in [0.25, 0.3) is 0 Å². The fourth-order valence-electron chi connectivity index (χ4n) is 2.82. The number of hydrogen-bond acceptors (Lipinski definition) is 3. The molecule has 0 N–H and O–H groups in total. The first-order valence-corrected chi connectivity index (χ1v) is 7.85. The molecule has 0 saturated carbocycles. The molecule has 1 unspecified atom stereocenters. The number of ether oxygens (including phenoxy) is 2. The van der Waals surface area contributed by atoms with E-state index in [9.17, 15) is 4.79 Å². The van der Waals surface area contributed by atoms with Crippen molar-refractivity contribution in [3.05, 3.63) is 0 Å². The van der Waals surface area contributed by atoms with Crippen molar-refractivity contribution >= 4 is 6.09 Å². The van der Waals surface area contributed by atoms with Crippen LogP contribution in [0, 0.1) is 0 Å². The second-order valence-corrected chi connectivity index (χ2v) is 6.93. The third-order valence-corrected chi connectivity index (χ3v) is 3.87. The van der Waals surface area contributed by atoms with Crippen molar-refractivity contribution in [2.45, 2.75) is 91.0 Å². The number of carbonyl (C=O) groups excluding carboxylic acids is 1. The van der Waals surface area contributed by atoms with Crippen LogP contribution in [0.1, 0.15) is 73.6 Å². The quantitative estimate of drug-likeness (QED) is 0.682. The van der Waals surface area contributed by atoms with E-state index in [0.29, 0.717) is 6.61 Å². The topological polar surface area (TPSA) is 38.8 Å². The second kappa shape index (κ2) is 6.79. The Bertz CT molecular complexity index is 310. The summed E-state index contributed by atoms with van der Waals surface area (Å²) in [5.41, 5.74) is -0.912. The van der Waals surface area contributed by atoms with Crippen LogP contribution in [0.3, 0.4) is 0 Å². The summed E-state index contributed by atoms with van der Waals surface area (Å²) in [6, 6.07) is 0. The highest BCUT2D eigenvalue weighted by Gasteiger charge is 2.49. The van der Waals surface area contributed by atoms with Gasteiger partial charge in [-0.15, -0.1) is 0 Å². The predicted molar refractivity (Wildman–Crippen MR) is 80.7 cm³/mol. The lowest BCUT2D eigenvalue weighted by molar-refractivity contribution is -0.0577. The van der Waals surface area contributed by atoms with E-state index in [0.717, 1.165) is 12.8 Å². The number of rotatable bonds is 6. The number of carbonyl (C=O) groups is 1. The summed E-state index contributed by atoms with van der Waals surface area (Å²) in [5.74, 6) is 0. The summed E-state index contributed by atoms with van der Waals surface area (Å²) < 4.78 is 11.3. The molecule has 0 aromatic carbocycles. The van der Waals surface area contributed by atoms with Crippen LogP contribution in [0.2, 0.25) is 0 Å². The van der Waals surface area contributed by atoms with Gasteiger partial charge in [0.25, 0.3) is 0 Å². The van der Waals surface area contributed by atoms with E-state index in [1.807, 2.05) is 34.6 Å². The molecule has 1 fully saturated rings. The summed E-state index contributed by atoms with van der Waals surface area (Å²) in [6.45, 7) is 12.6. The van der Waals surface area contributed by atoms with E-state index in [1.54, 1.807) is 4.90 Å². The minimum Gasteiger partial charge on any atom is -0.446 e. The van der Waals surface area contributed by atoms with Crippen LogP contribution in [0.5, 0.6) is 0 Å². The third-order valence-electron chi connectivity index (χ3n) is 3.87. The molecule has 0 radical (unpaired) electrons. The highest BCUT2D eigenvalue weighted by Crippen LogP contribution is 2.35. The van der Waals surface area contributed by atoms with E-state index >= 15 is 0 Å². The average Bonchev–Trinajstić information content (AvgIpc) is 2.54. The Morgan fingerprint density at radius 3 is 2.40 bits per heavy atom. The fourth-order valence-corrected chi connectivity index (χ4v) is 2.82. The van der Waals surface area contributed by atoms with Crippen molar-refractivity contribution in [3.8, 4) is 0 Å². The van der Waals surface area contributed by atoms with Crippen molar-refractivity contribution in [2.75, 3.05) is 6.61 Å². The zero-order valence-corrected chi connectivity index (χ0v) is 14.0. The Labute approximate surface area is 123 Å². The highest BCUT2D eigenvalue weighted by atomic mass is 16.6. The van der Waals surface area contributed by atoms with Gasteiger partial charge in [0.2, 0.25) is 0 Å². The Morgan fingerprint density at radius 2 is 1.90 bits per heavy atom. The van der Waals surface area contributed by atoms with Crippen molar-refractivity contribution in [1.29, 1.82) is 0 Å². The molecule has 20 heavy (non-hydrogen) atoms. The average molecular weight is 285 g/mol. The minimum atomic E-state index is -0.595. The zero-order valence-electron chi connectivity index (χ0n) is 14.0. The lowest BCUT2D eigenvalue weighted by atomic mass is 10.0. The lowest BCUT2D eigenvalue weighted by Crippen LogP contribution is -2.53. The number of unbranched alkanes of at least 4 members (excludes halogenated alkanes) is 3. The summed E-state index contributed by atoms with van der Waals surface area (Å²) in [7, 11) is 0. The molecule has 0 spiro atoms. The van der Waals surface area contributed by atoms with E-state index in [4.69, 9.17) is 9.47 Å². The number of nitrogens with zero attached hydrogens (tertiary/aromatic N) is 1. The molecule has 4 nitrogen and oxygen atoms in total. The molecule has 1 saturated heterocycles. The molecule has 4 heteroatoms. The standard InChI is InChI=1S/C16H31NO3/c1-7-8-9-10-11-13(2)20-14(18)17-15(3,4)12-19-16(17,5)6/h13H,7-12H2,1-6H3. The molecule has 1 atom stereocenters. The third kappa shape index (κ3) is 4.37. The molecule has 1 aliphatic heterocycles. The fraction of sp³-hybridized carbons (Fsp3) is 0.938. The van der Waals surface area contributed by atoms with Gasteiger partial charge in [0.05, 0.1) is 12.1 Å². The van der Waals surface area contributed by atoms with Gasteiger partial charge in [-0.2, -0.15) is 0 Å². The maximum Gasteiger partial charge on any atom is 0.412 e. The zero-order chi connectivity index (χ0) is 15.4. The first-order chi connectivity index (χ1) is 9.20. The van der Waals surface area contributed by atoms with Gasteiger partial charge < -0.3 is 9.47 Å². The van der Waals surface area contributed by atoms with E-state index in [-0.39, 0.29) is 17.7 Å². The Hall–Kier alpha value is -0.770. The van der Waals surface area contributed by atoms with Crippen LogP contribution in [0.4, 0.5) is 4.79 Å². The number of amides is 1. The Kier molecular flexibility index (Phi) is 5.87. The summed E-state index contributed by atoms with van der Waals surface area (Å²) in [6.07, 6.45) is 5.43. The van der Waals surface area contributed by atoms with Crippen molar-refractivity contribution in [2.24, 2.45) is 0 Å². The van der Waals surface area contributed by atoms with Gasteiger partial charge in [0, 0.05) is 0 Å². The molecule has 0 bridgehead atoms. The Balaban J connectivity index is 2.49. The van der Waals surface area contributed by atoms with Gasteiger partial charge >= 0.3 is 6.09 Å². The first-order valence-electron chi connectivity index (χ1n) is 7.85. The van der Waals surface area contributed by atoms with Gasteiger partial charge in [-0.3, -0.25) is 4.90 Å². The lowest BCUT2D eigenvalue weighted by Gasteiger charge is -2.37. The normalized spacial score (nSPS) is 21.8. The molecule has 1 heterocycles. The summed E-state index contributed by atoms with van der Waals surface area (Å²) >= 11 is 0. The molecule has 1 amide bonds. The molecule has 118 valence electrons. The van der Waals surface area contributed by atoms with Crippen LogP contribution in [-0.2, 0) is 9.47 Å². The minimum absolute atomic E-state index is 0.0356. The maximum absolute atomic E-state index is 12.4. The van der Waals surface area contributed by atoms with Crippen molar-refractivity contribution in [3.63, 3.8) is 0 Å². The van der Waals surface area contributed by atoms with Gasteiger partial charge in [-0.05, 0) is 47.5 Å². The van der Waals surface area contributed by atoms with Gasteiger partial charge in [-0.25, -0.2) is 4.79 Å². The molecular weight excluding hydrogens is 254 g/mol. The number of hydrogen-bond donors (Lipinski definition) is 0. The molecule has 1 aliphatic rings. The van der Waals surface area contributed by atoms with Crippen LogP contribution in [-0.4, -0.2) is 35.0 Å². The molecule has 0 aromatic heterocycles. The second-order valence-electron chi connectivity index (χ2n) is 6.93. The van der Waals surface area contributed by atoms with Gasteiger partial charge in [0.1, 0.15) is 11.8 Å². The van der Waals surface area contributed by atoms with Crippen LogP contribution in [0.15, 0.2) is 0 Å². The largest absolute Gasteiger partial charge is 0.446 e. The van der Waals surface area contributed by atoms with E-state index in [1.165, 1.54) is 19.3 Å². The SMILES string of the molecule is CCCCCCC(C)OC(=O)N1C(C)(C)COC1(C)C. The van der Waals surface area contributed by atoms with Gasteiger partial charge in [-0.1, -0.05) is 26.2 Å².